The molecule has 0 saturated carbocycles. The summed E-state index contributed by atoms with van der Waals surface area (Å²) in [6, 6.07) is 18.6. The van der Waals surface area contributed by atoms with E-state index in [1.54, 1.807) is 0 Å². The van der Waals surface area contributed by atoms with Crippen LogP contribution in [0.15, 0.2) is 54.6 Å². The van der Waals surface area contributed by atoms with E-state index in [1.165, 1.54) is 16.6 Å². The molecule has 3 aromatic rings. The fourth-order valence-corrected chi connectivity index (χ4v) is 4.92. The summed E-state index contributed by atoms with van der Waals surface area (Å²) >= 11 is 0. The first-order valence-corrected chi connectivity index (χ1v) is 11.9. The van der Waals surface area contributed by atoms with Crippen molar-refractivity contribution in [1.29, 1.82) is 0 Å². The molecule has 0 aliphatic carbocycles. The van der Waals surface area contributed by atoms with Crippen LogP contribution in [0.4, 0.5) is 10.5 Å². The Morgan fingerprint density at radius 3 is 2.45 bits per heavy atom. The van der Waals surface area contributed by atoms with Gasteiger partial charge in [-0.25, -0.2) is 4.79 Å². The second kappa shape index (κ2) is 9.57. The first kappa shape index (κ1) is 21.4. The quantitative estimate of drug-likeness (QED) is 0.592. The normalized spacial score (nSPS) is 16.1. The third-order valence-corrected chi connectivity index (χ3v) is 6.77. The summed E-state index contributed by atoms with van der Waals surface area (Å²) in [7, 11) is 0. The molecule has 2 N–H and O–H groups in total. The number of benzene rings is 2. The maximum absolute atomic E-state index is 12.6. The van der Waals surface area contributed by atoms with Gasteiger partial charge in [0.05, 0.1) is 6.54 Å². The van der Waals surface area contributed by atoms with E-state index in [9.17, 15) is 9.59 Å². The lowest BCUT2D eigenvalue weighted by Gasteiger charge is -2.36. The van der Waals surface area contributed by atoms with Gasteiger partial charge in [0.15, 0.2) is 0 Å². The number of para-hydroxylation sites is 2. The van der Waals surface area contributed by atoms with Gasteiger partial charge in [-0.2, -0.15) is 0 Å². The predicted octanol–water partition coefficient (Wildman–Crippen LogP) is 3.36. The molecule has 33 heavy (non-hydrogen) atoms. The molecule has 1 fully saturated rings. The van der Waals surface area contributed by atoms with E-state index in [2.05, 4.69) is 45.5 Å². The third kappa shape index (κ3) is 4.67. The van der Waals surface area contributed by atoms with Crippen molar-refractivity contribution < 1.29 is 9.59 Å². The van der Waals surface area contributed by atoms with E-state index in [1.807, 2.05) is 34.1 Å². The Bertz CT molecular complexity index is 1120. The fourth-order valence-electron chi connectivity index (χ4n) is 4.92. The number of H-pyrrole nitrogens is 1. The standard InChI is InChI=1S/C26H31N5O2/c32-25(30-17-15-29(16-18-30)20-7-2-1-3-8-20)11-6-13-27-26(33)31-14-12-22-21-9-4-5-10-23(21)28-24(22)19-31/h1-5,7-10,28H,6,11-19H2,(H,27,33). The van der Waals surface area contributed by atoms with Gasteiger partial charge >= 0.3 is 6.03 Å². The van der Waals surface area contributed by atoms with Gasteiger partial charge in [-0.15, -0.1) is 0 Å². The Hall–Kier alpha value is -3.48. The predicted molar refractivity (Wildman–Crippen MR) is 130 cm³/mol. The van der Waals surface area contributed by atoms with Gasteiger partial charge in [0.2, 0.25) is 5.91 Å². The van der Waals surface area contributed by atoms with Crippen LogP contribution in [0.1, 0.15) is 24.1 Å². The maximum Gasteiger partial charge on any atom is 0.317 e. The second-order valence-electron chi connectivity index (χ2n) is 8.84. The maximum atomic E-state index is 12.6. The number of urea groups is 1. The molecular formula is C26H31N5O2. The van der Waals surface area contributed by atoms with E-state index in [0.717, 1.165) is 43.8 Å². The Balaban J connectivity index is 1.03. The molecule has 1 aromatic heterocycles. The van der Waals surface area contributed by atoms with Crippen LogP contribution in [0.25, 0.3) is 10.9 Å². The molecule has 2 aliphatic rings. The van der Waals surface area contributed by atoms with E-state index in [0.29, 0.717) is 32.5 Å². The number of aromatic amines is 1. The zero-order valence-electron chi connectivity index (χ0n) is 18.9. The molecule has 0 radical (unpaired) electrons. The zero-order valence-corrected chi connectivity index (χ0v) is 18.9. The van der Waals surface area contributed by atoms with Gasteiger partial charge in [-0.05, 0) is 36.6 Å². The molecule has 7 nitrogen and oxygen atoms in total. The summed E-state index contributed by atoms with van der Waals surface area (Å²) in [5.41, 5.74) is 4.80. The van der Waals surface area contributed by atoms with Crippen LogP contribution in [-0.4, -0.2) is 66.0 Å². The number of hydrogen-bond donors (Lipinski definition) is 2. The molecule has 2 aliphatic heterocycles. The smallest absolute Gasteiger partial charge is 0.317 e. The van der Waals surface area contributed by atoms with Gasteiger partial charge in [0, 0.05) is 68.0 Å². The molecular weight excluding hydrogens is 414 g/mol. The van der Waals surface area contributed by atoms with E-state index in [-0.39, 0.29) is 11.9 Å². The highest BCUT2D eigenvalue weighted by Gasteiger charge is 2.24. The molecule has 3 heterocycles. The Kier molecular flexibility index (Phi) is 6.19. The number of hydrogen-bond acceptors (Lipinski definition) is 3. The van der Waals surface area contributed by atoms with Crippen molar-refractivity contribution in [2.45, 2.75) is 25.8 Å². The van der Waals surface area contributed by atoms with Gasteiger partial charge in [-0.3, -0.25) is 4.79 Å². The van der Waals surface area contributed by atoms with Gasteiger partial charge in [0.25, 0.3) is 0 Å². The number of nitrogens with one attached hydrogen (secondary N) is 2. The summed E-state index contributed by atoms with van der Waals surface area (Å²) in [4.78, 5) is 34.8. The molecule has 5 rings (SSSR count). The minimum atomic E-state index is -0.0526. The Morgan fingerprint density at radius 2 is 1.64 bits per heavy atom. The average molecular weight is 446 g/mol. The minimum Gasteiger partial charge on any atom is -0.368 e. The topological polar surface area (TPSA) is 71.7 Å². The SMILES string of the molecule is O=C(CCCNC(=O)N1CCc2c([nH]c3ccccc23)C1)N1CCN(c2ccccc2)CC1. The number of aromatic nitrogens is 1. The number of piperazine rings is 1. The minimum absolute atomic E-state index is 0.0526. The number of carbonyl (C=O) groups is 2. The molecule has 1 saturated heterocycles. The number of nitrogens with zero attached hydrogens (tertiary/aromatic N) is 3. The van der Waals surface area contributed by atoms with Crippen LogP contribution in [0.3, 0.4) is 0 Å². The Morgan fingerprint density at radius 1 is 0.879 bits per heavy atom. The molecule has 172 valence electrons. The van der Waals surface area contributed by atoms with Gasteiger partial charge in [-0.1, -0.05) is 36.4 Å². The summed E-state index contributed by atoms with van der Waals surface area (Å²) in [6.45, 7) is 5.05. The molecule has 0 unspecified atom stereocenters. The molecule has 7 heteroatoms. The van der Waals surface area contributed by atoms with Crippen LogP contribution in [0, 0.1) is 0 Å². The van der Waals surface area contributed by atoms with Crippen LogP contribution >= 0.6 is 0 Å². The lowest BCUT2D eigenvalue weighted by atomic mass is 10.0. The van der Waals surface area contributed by atoms with E-state index in [4.69, 9.17) is 0 Å². The first-order valence-electron chi connectivity index (χ1n) is 11.9. The van der Waals surface area contributed by atoms with Crippen LogP contribution in [-0.2, 0) is 17.8 Å². The van der Waals surface area contributed by atoms with E-state index >= 15 is 0 Å². The van der Waals surface area contributed by atoms with Crippen LogP contribution in [0.2, 0.25) is 0 Å². The summed E-state index contributed by atoms with van der Waals surface area (Å²) < 4.78 is 0. The second-order valence-corrected chi connectivity index (χ2v) is 8.84. The zero-order chi connectivity index (χ0) is 22.6. The molecule has 0 atom stereocenters. The summed E-state index contributed by atoms with van der Waals surface area (Å²) in [5.74, 6) is 0.178. The lowest BCUT2D eigenvalue weighted by molar-refractivity contribution is -0.131. The highest BCUT2D eigenvalue weighted by Crippen LogP contribution is 2.27. The average Bonchev–Trinajstić information content (AvgIpc) is 3.25. The van der Waals surface area contributed by atoms with Gasteiger partial charge < -0.3 is 25.0 Å². The summed E-state index contributed by atoms with van der Waals surface area (Å²) in [6.07, 6.45) is 1.99. The van der Waals surface area contributed by atoms with Crippen molar-refractivity contribution in [2.24, 2.45) is 0 Å². The van der Waals surface area contributed by atoms with E-state index < -0.39 is 0 Å². The molecule has 0 bridgehead atoms. The van der Waals surface area contributed by atoms with Crippen molar-refractivity contribution in [3.63, 3.8) is 0 Å². The molecule has 2 aromatic carbocycles. The number of carbonyl (C=O) groups excluding carboxylic acids is 2. The highest BCUT2D eigenvalue weighted by atomic mass is 16.2. The van der Waals surface area contributed by atoms with Crippen molar-refractivity contribution >= 4 is 28.5 Å². The van der Waals surface area contributed by atoms with Gasteiger partial charge in [0.1, 0.15) is 0 Å². The van der Waals surface area contributed by atoms with Crippen LogP contribution < -0.4 is 10.2 Å². The van der Waals surface area contributed by atoms with Crippen molar-refractivity contribution in [3.8, 4) is 0 Å². The molecule has 0 spiro atoms. The molecule has 3 amide bonds. The number of amides is 3. The number of rotatable bonds is 5. The summed E-state index contributed by atoms with van der Waals surface area (Å²) in [5, 5.41) is 4.26. The van der Waals surface area contributed by atoms with Crippen LogP contribution in [0.5, 0.6) is 0 Å². The monoisotopic (exact) mass is 445 g/mol. The van der Waals surface area contributed by atoms with Crippen molar-refractivity contribution in [3.05, 3.63) is 65.9 Å². The lowest BCUT2D eigenvalue weighted by Crippen LogP contribution is -2.49. The third-order valence-electron chi connectivity index (χ3n) is 6.77. The van der Waals surface area contributed by atoms with Crippen molar-refractivity contribution in [1.82, 2.24) is 20.1 Å². The van der Waals surface area contributed by atoms with Crippen molar-refractivity contribution in [2.75, 3.05) is 44.2 Å². The largest absolute Gasteiger partial charge is 0.368 e. The Labute approximate surface area is 194 Å². The number of anilines is 1. The fraction of sp³-hybridized carbons (Fsp3) is 0.385. The first-order chi connectivity index (χ1) is 16.2. The number of fused-ring (bicyclic) bond motifs is 3. The highest BCUT2D eigenvalue weighted by molar-refractivity contribution is 5.85.